The molecule has 0 aliphatic heterocycles. The molecular weight excluding hydrogens is 245 g/mol. The van der Waals surface area contributed by atoms with Crippen LogP contribution in [0.3, 0.4) is 0 Å². The van der Waals surface area contributed by atoms with Gasteiger partial charge in [-0.15, -0.1) is 0 Å². The van der Waals surface area contributed by atoms with Crippen molar-refractivity contribution < 1.29 is 30.7 Å². The summed E-state index contributed by atoms with van der Waals surface area (Å²) in [6.45, 7) is 0. The Balaban J connectivity index is 2.98. The summed E-state index contributed by atoms with van der Waals surface area (Å²) in [5.41, 5.74) is 1.44. The first kappa shape index (κ1) is 13.5. The largest absolute Gasteiger partial charge is 0.397 e. The van der Waals surface area contributed by atoms with Gasteiger partial charge >= 0.3 is 6.18 Å². The number of rotatable bonds is 1. The Bertz CT molecular complexity index is 229. The summed E-state index contributed by atoms with van der Waals surface area (Å²) in [6.07, 6.45) is -17.4. The van der Waals surface area contributed by atoms with Crippen molar-refractivity contribution in [2.75, 3.05) is 0 Å². The predicted molar refractivity (Wildman–Crippen MR) is 40.2 cm³/mol. The summed E-state index contributed by atoms with van der Waals surface area (Å²) in [5.74, 6) is 1.31. The molecule has 0 amide bonds. The average molecular weight is 254 g/mol. The quantitative estimate of drug-likeness (QED) is 0.421. The standard InChI is InChI=1S/C7H9F7N2/c8-2-1(7(12,13)14)3(9)5(11)6(16-15)4(2)10/h1-6,16H,15H2. The third kappa shape index (κ3) is 2.10. The summed E-state index contributed by atoms with van der Waals surface area (Å²) in [7, 11) is 0. The van der Waals surface area contributed by atoms with Gasteiger partial charge in [-0.3, -0.25) is 11.3 Å². The molecule has 9 heteroatoms. The molecule has 0 heterocycles. The molecule has 0 radical (unpaired) electrons. The van der Waals surface area contributed by atoms with E-state index in [4.69, 9.17) is 0 Å². The SMILES string of the molecule is NNC1C(F)C(F)C(C(F)(F)F)C(F)C1F. The van der Waals surface area contributed by atoms with Gasteiger partial charge in [-0.1, -0.05) is 0 Å². The lowest BCUT2D eigenvalue weighted by Crippen LogP contribution is -2.64. The molecule has 1 saturated carbocycles. The monoisotopic (exact) mass is 254 g/mol. The number of nitrogens with two attached hydrogens (primary N) is 1. The fourth-order valence-corrected chi connectivity index (χ4v) is 1.69. The molecule has 96 valence electrons. The van der Waals surface area contributed by atoms with Gasteiger partial charge in [0.1, 0.15) is 18.3 Å². The van der Waals surface area contributed by atoms with Crippen LogP contribution in [0.4, 0.5) is 30.7 Å². The van der Waals surface area contributed by atoms with Gasteiger partial charge in [0.05, 0.1) is 6.04 Å². The highest BCUT2D eigenvalue weighted by Gasteiger charge is 2.62. The zero-order valence-electron chi connectivity index (χ0n) is 7.69. The van der Waals surface area contributed by atoms with E-state index in [0.29, 0.717) is 0 Å². The van der Waals surface area contributed by atoms with E-state index in [9.17, 15) is 30.7 Å². The van der Waals surface area contributed by atoms with E-state index >= 15 is 0 Å². The van der Waals surface area contributed by atoms with Crippen LogP contribution >= 0.6 is 0 Å². The van der Waals surface area contributed by atoms with Crippen LogP contribution < -0.4 is 11.3 Å². The van der Waals surface area contributed by atoms with E-state index < -0.39 is 42.8 Å². The van der Waals surface area contributed by atoms with Crippen LogP contribution in [0.2, 0.25) is 0 Å². The molecule has 0 bridgehead atoms. The predicted octanol–water partition coefficient (Wildman–Crippen LogP) is 1.36. The van der Waals surface area contributed by atoms with E-state index in [-0.39, 0.29) is 0 Å². The summed E-state index contributed by atoms with van der Waals surface area (Å²) in [4.78, 5) is 0. The van der Waals surface area contributed by atoms with Crippen LogP contribution in [-0.4, -0.2) is 36.9 Å². The van der Waals surface area contributed by atoms with Crippen molar-refractivity contribution in [3.05, 3.63) is 0 Å². The summed E-state index contributed by atoms with van der Waals surface area (Å²) in [6, 6.07) is -2.12. The maximum absolute atomic E-state index is 13.0. The van der Waals surface area contributed by atoms with Crippen LogP contribution in [0.25, 0.3) is 0 Å². The molecule has 1 fully saturated rings. The summed E-state index contributed by atoms with van der Waals surface area (Å²) < 4.78 is 88.5. The van der Waals surface area contributed by atoms with Gasteiger partial charge in [0.25, 0.3) is 0 Å². The van der Waals surface area contributed by atoms with Gasteiger partial charge < -0.3 is 0 Å². The molecule has 0 aromatic heterocycles. The third-order valence-electron chi connectivity index (χ3n) is 2.55. The Morgan fingerprint density at radius 2 is 1.19 bits per heavy atom. The first-order valence-electron chi connectivity index (χ1n) is 4.31. The number of hydrazine groups is 1. The lowest BCUT2D eigenvalue weighted by Gasteiger charge is -2.39. The first-order valence-corrected chi connectivity index (χ1v) is 4.31. The van der Waals surface area contributed by atoms with Gasteiger partial charge in [0.2, 0.25) is 0 Å². The number of alkyl halides is 7. The van der Waals surface area contributed by atoms with Crippen LogP contribution in [-0.2, 0) is 0 Å². The summed E-state index contributed by atoms with van der Waals surface area (Å²) in [5, 5.41) is 0. The van der Waals surface area contributed by atoms with Crippen LogP contribution in [0, 0.1) is 5.92 Å². The van der Waals surface area contributed by atoms with Crippen molar-refractivity contribution in [1.82, 2.24) is 5.43 Å². The maximum Gasteiger partial charge on any atom is 0.397 e. The van der Waals surface area contributed by atoms with Crippen LogP contribution in [0.15, 0.2) is 0 Å². The zero-order valence-corrected chi connectivity index (χ0v) is 7.69. The average Bonchev–Trinajstić information content (AvgIpc) is 2.14. The minimum Gasteiger partial charge on any atom is -0.271 e. The molecule has 1 aliphatic carbocycles. The van der Waals surface area contributed by atoms with Gasteiger partial charge in [0.15, 0.2) is 12.3 Å². The number of nitrogens with one attached hydrogen (secondary N) is 1. The first-order chi connectivity index (χ1) is 7.21. The minimum absolute atomic E-state index is 1.44. The van der Waals surface area contributed by atoms with E-state index in [1.165, 1.54) is 5.43 Å². The maximum atomic E-state index is 13.0. The minimum atomic E-state index is -5.34. The Labute approximate surface area is 85.9 Å². The second kappa shape index (κ2) is 4.36. The van der Waals surface area contributed by atoms with E-state index in [2.05, 4.69) is 5.84 Å². The Hall–Kier alpha value is -0.570. The molecule has 0 spiro atoms. The van der Waals surface area contributed by atoms with E-state index in [1.54, 1.807) is 0 Å². The van der Waals surface area contributed by atoms with E-state index in [1.807, 2.05) is 0 Å². The van der Waals surface area contributed by atoms with Crippen molar-refractivity contribution in [3.63, 3.8) is 0 Å². The third-order valence-corrected chi connectivity index (χ3v) is 2.55. The van der Waals surface area contributed by atoms with Crippen molar-refractivity contribution >= 4 is 0 Å². The molecule has 3 N–H and O–H groups in total. The summed E-state index contributed by atoms with van der Waals surface area (Å²) >= 11 is 0. The molecular formula is C7H9F7N2. The van der Waals surface area contributed by atoms with Crippen LogP contribution in [0.5, 0.6) is 0 Å². The normalized spacial score (nSPS) is 45.8. The van der Waals surface area contributed by atoms with Gasteiger partial charge in [-0.25, -0.2) is 17.6 Å². The zero-order chi connectivity index (χ0) is 12.7. The van der Waals surface area contributed by atoms with Crippen molar-refractivity contribution in [1.29, 1.82) is 0 Å². The molecule has 1 rings (SSSR count). The molecule has 0 aromatic carbocycles. The lowest BCUT2D eigenvalue weighted by atomic mass is 9.80. The highest BCUT2D eigenvalue weighted by Crippen LogP contribution is 2.43. The number of hydrogen-bond donors (Lipinski definition) is 2. The van der Waals surface area contributed by atoms with Crippen molar-refractivity contribution in [2.45, 2.75) is 36.9 Å². The van der Waals surface area contributed by atoms with Gasteiger partial charge in [-0.2, -0.15) is 13.2 Å². The van der Waals surface area contributed by atoms with Gasteiger partial charge in [-0.05, 0) is 0 Å². The van der Waals surface area contributed by atoms with E-state index in [0.717, 1.165) is 0 Å². The molecule has 0 aromatic rings. The second-order valence-electron chi connectivity index (χ2n) is 3.54. The highest BCUT2D eigenvalue weighted by molar-refractivity contribution is 5.04. The van der Waals surface area contributed by atoms with Gasteiger partial charge in [0, 0.05) is 0 Å². The second-order valence-corrected chi connectivity index (χ2v) is 3.54. The molecule has 2 nitrogen and oxygen atoms in total. The topological polar surface area (TPSA) is 38.0 Å². The van der Waals surface area contributed by atoms with Crippen molar-refractivity contribution in [2.24, 2.45) is 11.8 Å². The fourth-order valence-electron chi connectivity index (χ4n) is 1.69. The number of hydrogen-bond acceptors (Lipinski definition) is 2. The Morgan fingerprint density at radius 1 is 0.812 bits per heavy atom. The fraction of sp³-hybridized carbons (Fsp3) is 1.00. The molecule has 16 heavy (non-hydrogen) atoms. The van der Waals surface area contributed by atoms with Crippen molar-refractivity contribution in [3.8, 4) is 0 Å². The number of halogens is 7. The molecule has 1 aliphatic rings. The molecule has 4 unspecified atom stereocenters. The lowest BCUT2D eigenvalue weighted by molar-refractivity contribution is -0.236. The Morgan fingerprint density at radius 3 is 1.44 bits per heavy atom. The molecule has 4 atom stereocenters. The molecule has 0 saturated heterocycles. The highest BCUT2D eigenvalue weighted by atomic mass is 19.4. The van der Waals surface area contributed by atoms with Crippen LogP contribution in [0.1, 0.15) is 0 Å². The Kier molecular flexibility index (Phi) is 3.68. The smallest absolute Gasteiger partial charge is 0.271 e.